The van der Waals surface area contributed by atoms with Crippen molar-refractivity contribution in [3.8, 4) is 28.5 Å². The van der Waals surface area contributed by atoms with E-state index in [1.165, 1.54) is 17.4 Å². The largest absolute Gasteiger partial charge is 0.507 e. The van der Waals surface area contributed by atoms with Crippen molar-refractivity contribution >= 4 is 23.5 Å². The molecule has 0 bridgehead atoms. The van der Waals surface area contributed by atoms with E-state index in [1.54, 1.807) is 30.1 Å². The van der Waals surface area contributed by atoms with Gasteiger partial charge in [-0.15, -0.1) is 11.3 Å². The van der Waals surface area contributed by atoms with E-state index in [0.717, 1.165) is 5.56 Å². The van der Waals surface area contributed by atoms with Gasteiger partial charge in [0.25, 0.3) is 5.91 Å². The number of phenols is 1. The molecule has 1 amide bonds. The van der Waals surface area contributed by atoms with Crippen molar-refractivity contribution in [1.29, 1.82) is 0 Å². The number of benzene rings is 2. The number of nitrogens with two attached hydrogens (primary N) is 1. The average Bonchev–Trinajstić information content (AvgIpc) is 3.16. The Hall–Kier alpha value is -3.59. The monoisotopic (exact) mass is 440 g/mol. The summed E-state index contributed by atoms with van der Waals surface area (Å²) in [5, 5.41) is 16.4. The van der Waals surface area contributed by atoms with Crippen LogP contribution in [0.4, 0.5) is 0 Å². The molecule has 3 rings (SSSR count). The Morgan fingerprint density at radius 1 is 1.23 bits per heavy atom. The lowest BCUT2D eigenvalue weighted by atomic mass is 10.1. The van der Waals surface area contributed by atoms with Gasteiger partial charge in [-0.2, -0.15) is 5.10 Å². The van der Waals surface area contributed by atoms with E-state index >= 15 is 0 Å². The molecule has 0 aliphatic carbocycles. The smallest absolute Gasteiger partial charge is 0.252 e. The summed E-state index contributed by atoms with van der Waals surface area (Å²) in [6.45, 7) is 4.99. The van der Waals surface area contributed by atoms with Crippen molar-refractivity contribution < 1.29 is 19.4 Å². The quantitative estimate of drug-likeness (QED) is 0.524. The summed E-state index contributed by atoms with van der Waals surface area (Å²) >= 11 is 1.43. The van der Waals surface area contributed by atoms with Gasteiger partial charge < -0.3 is 20.3 Å². The van der Waals surface area contributed by atoms with Gasteiger partial charge in [-0.05, 0) is 55.8 Å². The predicted molar refractivity (Wildman–Crippen MR) is 121 cm³/mol. The molecule has 0 saturated carbocycles. The Morgan fingerprint density at radius 2 is 2.03 bits per heavy atom. The minimum absolute atomic E-state index is 0.0458. The maximum absolute atomic E-state index is 11.6. The minimum atomic E-state index is -0.704. The number of carbonyl (C=O) groups excluding carboxylic acids is 1. The minimum Gasteiger partial charge on any atom is -0.507 e. The van der Waals surface area contributed by atoms with Crippen molar-refractivity contribution in [2.24, 2.45) is 15.8 Å². The topological polar surface area (TPSA) is 111 Å². The zero-order valence-electron chi connectivity index (χ0n) is 17.5. The molecule has 8 nitrogen and oxygen atoms in total. The molecule has 0 fully saturated rings. The Balaban J connectivity index is 2.06. The summed E-state index contributed by atoms with van der Waals surface area (Å²) in [7, 11) is 1.59. The number of nitrogens with zero attached hydrogens (tertiary/aromatic N) is 3. The molecule has 0 saturated heterocycles. The lowest BCUT2D eigenvalue weighted by Crippen LogP contribution is -2.13. The third kappa shape index (κ3) is 4.95. The molecule has 3 N–H and O–H groups in total. The second-order valence-electron chi connectivity index (χ2n) is 6.37. The Bertz CT molecular complexity index is 1180. The number of rotatable bonds is 8. The number of thiazole rings is 1. The van der Waals surface area contributed by atoms with Crippen LogP contribution in [0, 0.1) is 0 Å². The number of primary amides is 1. The number of amides is 1. The molecule has 9 heteroatoms. The van der Waals surface area contributed by atoms with Gasteiger partial charge in [0, 0.05) is 17.5 Å². The van der Waals surface area contributed by atoms with Crippen molar-refractivity contribution in [2.75, 3.05) is 20.3 Å². The molecule has 0 unspecified atom stereocenters. The Kier molecular flexibility index (Phi) is 7.09. The van der Waals surface area contributed by atoms with Gasteiger partial charge in [0.2, 0.25) is 4.80 Å². The zero-order valence-corrected chi connectivity index (χ0v) is 18.3. The average molecular weight is 441 g/mol. The van der Waals surface area contributed by atoms with E-state index in [9.17, 15) is 9.90 Å². The molecule has 3 aromatic rings. The number of hydrogen-bond donors (Lipinski definition) is 2. The van der Waals surface area contributed by atoms with E-state index in [0.29, 0.717) is 40.7 Å². The van der Waals surface area contributed by atoms with Gasteiger partial charge in [0.15, 0.2) is 11.5 Å². The van der Waals surface area contributed by atoms with Crippen LogP contribution in [0.2, 0.25) is 0 Å². The van der Waals surface area contributed by atoms with Crippen LogP contribution in [0.3, 0.4) is 0 Å². The number of hydrogen-bond acceptors (Lipinski definition) is 7. The molecule has 0 atom stereocenters. The van der Waals surface area contributed by atoms with Gasteiger partial charge in [-0.3, -0.25) is 9.79 Å². The summed E-state index contributed by atoms with van der Waals surface area (Å²) in [5.41, 5.74) is 7.64. The van der Waals surface area contributed by atoms with Gasteiger partial charge >= 0.3 is 0 Å². The molecule has 0 aliphatic heterocycles. The van der Waals surface area contributed by atoms with Crippen LogP contribution < -0.4 is 20.0 Å². The maximum Gasteiger partial charge on any atom is 0.252 e. The second-order valence-corrected chi connectivity index (χ2v) is 7.21. The normalized spacial score (nSPS) is 11.8. The molecule has 1 aromatic heterocycles. The third-order valence-corrected chi connectivity index (χ3v) is 5.20. The van der Waals surface area contributed by atoms with E-state index in [2.05, 4.69) is 10.1 Å². The molecule has 1 heterocycles. The highest BCUT2D eigenvalue weighted by Crippen LogP contribution is 2.28. The maximum atomic E-state index is 11.6. The summed E-state index contributed by atoms with van der Waals surface area (Å²) in [6.07, 6.45) is 1.69. The van der Waals surface area contributed by atoms with Crippen LogP contribution in [0.1, 0.15) is 29.8 Å². The second kappa shape index (κ2) is 9.94. The standard InChI is InChI=1S/C22H24N4O4S/c1-4-24-22-26(25-12-14-6-9-19(30-5-2)20(10-14)29-3)17(13-31-22)15-7-8-18(27)16(11-15)21(23)28/h6-13,27H,4-5H2,1-3H3,(H2,23,28)/b24-22?,25-12-. The first kappa shape index (κ1) is 22.1. The predicted octanol–water partition coefficient (Wildman–Crippen LogP) is 3.23. The van der Waals surface area contributed by atoms with Crippen molar-refractivity contribution in [3.05, 3.63) is 57.7 Å². The van der Waals surface area contributed by atoms with Gasteiger partial charge in [-0.1, -0.05) is 0 Å². The van der Waals surface area contributed by atoms with E-state index in [4.69, 9.17) is 15.2 Å². The molecule has 0 aliphatic rings. The number of carbonyl (C=O) groups is 1. The van der Waals surface area contributed by atoms with Crippen LogP contribution in [0.5, 0.6) is 17.2 Å². The highest BCUT2D eigenvalue weighted by Gasteiger charge is 2.13. The van der Waals surface area contributed by atoms with Crippen molar-refractivity contribution in [1.82, 2.24) is 4.68 Å². The fourth-order valence-corrected chi connectivity index (χ4v) is 3.81. The fourth-order valence-electron chi connectivity index (χ4n) is 2.91. The van der Waals surface area contributed by atoms with Crippen LogP contribution in [-0.2, 0) is 0 Å². The van der Waals surface area contributed by atoms with Gasteiger partial charge in [-0.25, -0.2) is 4.68 Å². The van der Waals surface area contributed by atoms with Gasteiger partial charge in [0.1, 0.15) is 5.75 Å². The van der Waals surface area contributed by atoms with Gasteiger partial charge in [0.05, 0.1) is 31.2 Å². The first-order valence-corrected chi connectivity index (χ1v) is 10.6. The summed E-state index contributed by atoms with van der Waals surface area (Å²) in [5.74, 6) is 0.409. The zero-order chi connectivity index (χ0) is 22.4. The Labute approximate surface area is 183 Å². The number of methoxy groups -OCH3 is 1. The molecule has 0 radical (unpaired) electrons. The lowest BCUT2D eigenvalue weighted by Gasteiger charge is -2.09. The summed E-state index contributed by atoms with van der Waals surface area (Å²) < 4.78 is 12.6. The highest BCUT2D eigenvalue weighted by molar-refractivity contribution is 7.07. The number of aromatic hydroxyl groups is 1. The SMILES string of the molecule is CCN=c1scc(-c2ccc(O)c(C(N)=O)c2)n1/N=C\c1ccc(OCC)c(OC)c1. The number of aromatic nitrogens is 1. The van der Waals surface area contributed by atoms with Crippen LogP contribution in [-0.4, -0.2) is 42.2 Å². The molecular formula is C22H24N4O4S. The summed E-state index contributed by atoms with van der Waals surface area (Å²) in [4.78, 5) is 16.8. The molecular weight excluding hydrogens is 416 g/mol. The molecule has 2 aromatic carbocycles. The van der Waals surface area contributed by atoms with E-state index < -0.39 is 5.91 Å². The van der Waals surface area contributed by atoms with E-state index in [1.807, 2.05) is 37.4 Å². The summed E-state index contributed by atoms with van der Waals surface area (Å²) in [6, 6.07) is 10.2. The van der Waals surface area contributed by atoms with E-state index in [-0.39, 0.29) is 11.3 Å². The van der Waals surface area contributed by atoms with Crippen LogP contribution in [0.15, 0.2) is 51.9 Å². The Morgan fingerprint density at radius 3 is 2.71 bits per heavy atom. The highest BCUT2D eigenvalue weighted by atomic mass is 32.1. The first-order chi connectivity index (χ1) is 15.0. The third-order valence-electron chi connectivity index (χ3n) is 4.35. The first-order valence-electron chi connectivity index (χ1n) is 9.67. The van der Waals surface area contributed by atoms with Crippen LogP contribution >= 0.6 is 11.3 Å². The number of ether oxygens (including phenoxy) is 2. The fraction of sp³-hybridized carbons (Fsp3) is 0.227. The lowest BCUT2D eigenvalue weighted by molar-refractivity contribution is 0.0998. The molecule has 162 valence electrons. The van der Waals surface area contributed by atoms with Crippen LogP contribution in [0.25, 0.3) is 11.3 Å². The van der Waals surface area contributed by atoms with Crippen molar-refractivity contribution in [2.45, 2.75) is 13.8 Å². The van der Waals surface area contributed by atoms with Crippen molar-refractivity contribution in [3.63, 3.8) is 0 Å². The molecule has 31 heavy (non-hydrogen) atoms. The molecule has 0 spiro atoms.